The van der Waals surface area contributed by atoms with Crippen LogP contribution in [0.1, 0.15) is 33.1 Å². The number of hydrogen-bond donors (Lipinski definition) is 0. The van der Waals surface area contributed by atoms with Crippen molar-refractivity contribution < 1.29 is 0 Å². The smallest absolute Gasteiger partial charge is 0.100 e. The molecule has 9 heavy (non-hydrogen) atoms. The summed E-state index contributed by atoms with van der Waals surface area (Å²) >= 11 is 0. The zero-order valence-electron chi connectivity index (χ0n) is 6.05. The van der Waals surface area contributed by atoms with E-state index in [-0.39, 0.29) is 5.54 Å². The molecule has 0 aromatic carbocycles. The van der Waals surface area contributed by atoms with Crippen molar-refractivity contribution >= 4 is 0 Å². The lowest BCUT2D eigenvalue weighted by molar-refractivity contribution is 0.463. The molecule has 2 nitrogen and oxygen atoms in total. The normalized spacial score (nSPS) is 43.1. The van der Waals surface area contributed by atoms with Crippen LogP contribution < -0.4 is 0 Å². The maximum absolute atomic E-state index is 10.2. The van der Waals surface area contributed by atoms with Crippen molar-refractivity contribution in [3.05, 3.63) is 4.91 Å². The van der Waals surface area contributed by atoms with Crippen LogP contribution in [0.25, 0.3) is 0 Å². The van der Waals surface area contributed by atoms with E-state index in [2.05, 4.69) is 12.1 Å². The van der Waals surface area contributed by atoms with Gasteiger partial charge in [-0.3, -0.25) is 0 Å². The molecule has 0 amide bonds. The molecule has 1 aliphatic carbocycles. The van der Waals surface area contributed by atoms with Crippen LogP contribution in [0.15, 0.2) is 5.18 Å². The summed E-state index contributed by atoms with van der Waals surface area (Å²) in [5.74, 6) is 0.702. The zero-order chi connectivity index (χ0) is 6.91. The van der Waals surface area contributed by atoms with Crippen molar-refractivity contribution in [3.8, 4) is 0 Å². The standard InChI is InChI=1S/C7H13NO/c1-6-3-4-7(2,5-6)8-9/h6H,3-5H2,1-2H3. The molecule has 0 heterocycles. The lowest BCUT2D eigenvalue weighted by Gasteiger charge is -2.11. The second-order valence-electron chi connectivity index (χ2n) is 3.44. The summed E-state index contributed by atoms with van der Waals surface area (Å²) < 4.78 is 0. The molecule has 52 valence electrons. The molecule has 0 bridgehead atoms. The predicted octanol–water partition coefficient (Wildman–Crippen LogP) is 2.33. The summed E-state index contributed by atoms with van der Waals surface area (Å²) in [6.07, 6.45) is 3.14. The van der Waals surface area contributed by atoms with Gasteiger partial charge in [0.15, 0.2) is 0 Å². The first-order valence-corrected chi connectivity index (χ1v) is 3.51. The molecule has 1 rings (SSSR count). The number of rotatable bonds is 1. The zero-order valence-corrected chi connectivity index (χ0v) is 6.05. The van der Waals surface area contributed by atoms with Crippen molar-refractivity contribution in [1.29, 1.82) is 0 Å². The molecule has 0 radical (unpaired) electrons. The lowest BCUT2D eigenvalue weighted by atomic mass is 10.0. The van der Waals surface area contributed by atoms with Crippen LogP contribution in [0.4, 0.5) is 0 Å². The highest BCUT2D eigenvalue weighted by Crippen LogP contribution is 2.36. The highest BCUT2D eigenvalue weighted by Gasteiger charge is 2.33. The van der Waals surface area contributed by atoms with E-state index in [1.54, 1.807) is 0 Å². The third kappa shape index (κ3) is 1.29. The quantitative estimate of drug-likeness (QED) is 0.497. The van der Waals surface area contributed by atoms with Gasteiger partial charge in [0.25, 0.3) is 0 Å². The minimum Gasteiger partial charge on any atom is -0.150 e. The molecular formula is C7H13NO. The minimum atomic E-state index is -0.223. The van der Waals surface area contributed by atoms with Crippen molar-refractivity contribution in [2.45, 2.75) is 38.6 Å². The Kier molecular flexibility index (Phi) is 1.56. The van der Waals surface area contributed by atoms with E-state index in [1.165, 1.54) is 6.42 Å². The number of nitrogens with zero attached hydrogens (tertiary/aromatic N) is 1. The van der Waals surface area contributed by atoms with E-state index in [9.17, 15) is 4.91 Å². The van der Waals surface area contributed by atoms with E-state index in [1.807, 2.05) is 6.92 Å². The molecule has 1 fully saturated rings. The van der Waals surface area contributed by atoms with E-state index < -0.39 is 0 Å². The van der Waals surface area contributed by atoms with Gasteiger partial charge in [0.1, 0.15) is 5.54 Å². The topological polar surface area (TPSA) is 29.4 Å². The van der Waals surface area contributed by atoms with Gasteiger partial charge in [0.05, 0.1) is 0 Å². The van der Waals surface area contributed by atoms with Gasteiger partial charge in [0, 0.05) is 0 Å². The fraction of sp³-hybridized carbons (Fsp3) is 1.00. The van der Waals surface area contributed by atoms with Gasteiger partial charge in [0.2, 0.25) is 0 Å². The van der Waals surface area contributed by atoms with E-state index >= 15 is 0 Å². The molecule has 0 spiro atoms. The number of nitroso groups, excluding NO2 is 1. The maximum Gasteiger partial charge on any atom is 0.100 e. The fourth-order valence-electron chi connectivity index (χ4n) is 1.60. The third-order valence-electron chi connectivity index (χ3n) is 2.18. The first-order valence-electron chi connectivity index (χ1n) is 3.51. The van der Waals surface area contributed by atoms with Crippen LogP contribution in [0.2, 0.25) is 0 Å². The molecule has 0 aromatic rings. The summed E-state index contributed by atoms with van der Waals surface area (Å²) in [7, 11) is 0. The Morgan fingerprint density at radius 2 is 2.33 bits per heavy atom. The molecule has 1 aliphatic rings. The van der Waals surface area contributed by atoms with E-state index in [0.717, 1.165) is 12.8 Å². The first-order chi connectivity index (χ1) is 4.16. The molecule has 2 unspecified atom stereocenters. The van der Waals surface area contributed by atoms with Gasteiger partial charge < -0.3 is 0 Å². The van der Waals surface area contributed by atoms with Gasteiger partial charge in [-0.15, -0.1) is 0 Å². The SMILES string of the molecule is CC1CCC(C)(N=O)C1. The van der Waals surface area contributed by atoms with Gasteiger partial charge in [-0.25, -0.2) is 0 Å². The van der Waals surface area contributed by atoms with Gasteiger partial charge in [-0.05, 0) is 32.1 Å². The Hall–Kier alpha value is -0.400. The average molecular weight is 127 g/mol. The van der Waals surface area contributed by atoms with E-state index in [4.69, 9.17) is 0 Å². The molecular weight excluding hydrogens is 114 g/mol. The van der Waals surface area contributed by atoms with Crippen LogP contribution in [0.3, 0.4) is 0 Å². The molecule has 0 N–H and O–H groups in total. The summed E-state index contributed by atoms with van der Waals surface area (Å²) in [5, 5.41) is 3.12. The molecule has 2 atom stereocenters. The number of hydrogen-bond acceptors (Lipinski definition) is 2. The van der Waals surface area contributed by atoms with Crippen molar-refractivity contribution in [3.63, 3.8) is 0 Å². The molecule has 1 saturated carbocycles. The summed E-state index contributed by atoms with van der Waals surface area (Å²) in [5.41, 5.74) is -0.223. The van der Waals surface area contributed by atoms with Gasteiger partial charge in [-0.1, -0.05) is 12.1 Å². The minimum absolute atomic E-state index is 0.223. The van der Waals surface area contributed by atoms with Crippen LogP contribution >= 0.6 is 0 Å². The van der Waals surface area contributed by atoms with E-state index in [0.29, 0.717) is 5.92 Å². The largest absolute Gasteiger partial charge is 0.150 e. The highest BCUT2D eigenvalue weighted by molar-refractivity contribution is 4.90. The fourth-order valence-corrected chi connectivity index (χ4v) is 1.60. The van der Waals surface area contributed by atoms with Crippen LogP contribution in [-0.2, 0) is 0 Å². The maximum atomic E-state index is 10.2. The molecule has 2 heteroatoms. The highest BCUT2D eigenvalue weighted by atomic mass is 16.3. The van der Waals surface area contributed by atoms with Crippen LogP contribution in [0, 0.1) is 10.8 Å². The predicted molar refractivity (Wildman–Crippen MR) is 37.2 cm³/mol. The molecule has 0 aromatic heterocycles. The van der Waals surface area contributed by atoms with Crippen molar-refractivity contribution in [2.75, 3.05) is 0 Å². The summed E-state index contributed by atoms with van der Waals surface area (Å²) in [4.78, 5) is 10.2. The Balaban J connectivity index is 2.54. The first kappa shape index (κ1) is 6.72. The summed E-state index contributed by atoms with van der Waals surface area (Å²) in [6, 6.07) is 0. The monoisotopic (exact) mass is 127 g/mol. The third-order valence-corrected chi connectivity index (χ3v) is 2.18. The van der Waals surface area contributed by atoms with Crippen LogP contribution in [0.5, 0.6) is 0 Å². The van der Waals surface area contributed by atoms with Gasteiger partial charge in [-0.2, -0.15) is 4.91 Å². The van der Waals surface area contributed by atoms with Crippen LogP contribution in [-0.4, -0.2) is 5.54 Å². The second-order valence-corrected chi connectivity index (χ2v) is 3.44. The second kappa shape index (κ2) is 2.09. The Morgan fingerprint density at radius 1 is 1.67 bits per heavy atom. The molecule has 0 aliphatic heterocycles. The Bertz CT molecular complexity index is 124. The Labute approximate surface area is 55.6 Å². The Morgan fingerprint density at radius 3 is 2.56 bits per heavy atom. The van der Waals surface area contributed by atoms with Crippen molar-refractivity contribution in [2.24, 2.45) is 11.1 Å². The molecule has 0 saturated heterocycles. The van der Waals surface area contributed by atoms with Crippen molar-refractivity contribution in [1.82, 2.24) is 0 Å². The summed E-state index contributed by atoms with van der Waals surface area (Å²) in [6.45, 7) is 4.12. The average Bonchev–Trinajstić information content (AvgIpc) is 2.13. The lowest BCUT2D eigenvalue weighted by Crippen LogP contribution is -2.15. The van der Waals surface area contributed by atoms with Gasteiger partial charge >= 0.3 is 0 Å².